The number of hydrogen-bond acceptors (Lipinski definition) is 6. The summed E-state index contributed by atoms with van der Waals surface area (Å²) in [5, 5.41) is 3.80. The Morgan fingerprint density at radius 3 is 2.29 bits per heavy atom. The highest BCUT2D eigenvalue weighted by Crippen LogP contribution is 2.58. The molecule has 0 fully saturated rings. The van der Waals surface area contributed by atoms with E-state index in [9.17, 15) is 0 Å². The van der Waals surface area contributed by atoms with Gasteiger partial charge in [0.15, 0.2) is 23.0 Å². The van der Waals surface area contributed by atoms with Gasteiger partial charge in [-0.05, 0) is 91.1 Å². The average Bonchev–Trinajstić information content (AvgIpc) is 3.14. The van der Waals surface area contributed by atoms with Gasteiger partial charge < -0.3 is 19.7 Å². The number of aryl methyl sites for hydroxylation is 3. The lowest BCUT2D eigenvalue weighted by atomic mass is 9.94. The smallest absolute Gasteiger partial charge is 0.152 e. The van der Waals surface area contributed by atoms with Crippen LogP contribution in [0.2, 0.25) is 0 Å². The number of fused-ring (bicyclic) bond motifs is 4. The molecule has 1 N–H and O–H groups in total. The monoisotopic (exact) mass is 644 g/mol. The molecule has 4 heterocycles. The molecule has 0 spiro atoms. The van der Waals surface area contributed by atoms with Crippen LogP contribution in [0.4, 0.5) is 28.4 Å². The number of rotatable bonds is 9. The van der Waals surface area contributed by atoms with Gasteiger partial charge in [0, 0.05) is 17.5 Å². The first kappa shape index (κ1) is 30.7. The molecule has 0 amide bonds. The van der Waals surface area contributed by atoms with E-state index in [0.717, 1.165) is 118 Å². The molecule has 2 aromatic heterocycles. The summed E-state index contributed by atoms with van der Waals surface area (Å²) in [4.78, 5) is 12.6. The zero-order chi connectivity index (χ0) is 33.3. The molecule has 4 aromatic carbocycles. The van der Waals surface area contributed by atoms with Crippen molar-refractivity contribution < 1.29 is 9.47 Å². The predicted molar refractivity (Wildman–Crippen MR) is 199 cm³/mol. The Hall–Kier alpha value is -5.62. The molecule has 0 radical (unpaired) electrons. The minimum Gasteiger partial charge on any atom is -0.453 e. The summed E-state index contributed by atoms with van der Waals surface area (Å²) in [5.74, 6) is 3.16. The summed E-state index contributed by atoms with van der Waals surface area (Å²) in [6, 6.07) is 35.7. The highest BCUT2D eigenvalue weighted by Gasteiger charge is 2.34. The maximum atomic E-state index is 6.72. The van der Waals surface area contributed by atoms with Gasteiger partial charge in [-0.15, -0.1) is 0 Å². The van der Waals surface area contributed by atoms with E-state index in [-0.39, 0.29) is 0 Å². The number of hydrogen-bond donors (Lipinski definition) is 1. The van der Waals surface area contributed by atoms with Crippen molar-refractivity contribution in [2.24, 2.45) is 0 Å². The molecule has 6 nitrogen and oxygen atoms in total. The Balaban J connectivity index is 1.46. The van der Waals surface area contributed by atoms with Crippen LogP contribution in [0.3, 0.4) is 0 Å². The van der Waals surface area contributed by atoms with E-state index < -0.39 is 0 Å². The molecule has 0 aliphatic carbocycles. The lowest BCUT2D eigenvalue weighted by Gasteiger charge is -2.37. The third-order valence-corrected chi connectivity index (χ3v) is 9.24. The molecule has 8 rings (SSSR count). The van der Waals surface area contributed by atoms with Crippen molar-refractivity contribution in [1.82, 2.24) is 9.97 Å². The van der Waals surface area contributed by atoms with Crippen molar-refractivity contribution in [3.8, 4) is 45.5 Å². The maximum Gasteiger partial charge on any atom is 0.152 e. The van der Waals surface area contributed by atoms with Crippen LogP contribution in [0.1, 0.15) is 56.9 Å². The number of aromatic nitrogens is 2. The van der Waals surface area contributed by atoms with Crippen LogP contribution in [0.5, 0.6) is 23.0 Å². The van der Waals surface area contributed by atoms with Crippen LogP contribution in [0.15, 0.2) is 109 Å². The van der Waals surface area contributed by atoms with E-state index in [2.05, 4.69) is 97.7 Å². The topological polar surface area (TPSA) is 59.5 Å². The van der Waals surface area contributed by atoms with Crippen molar-refractivity contribution in [2.75, 3.05) is 10.2 Å². The summed E-state index contributed by atoms with van der Waals surface area (Å²) in [6.07, 6.45) is 7.71. The second kappa shape index (κ2) is 13.1. The van der Waals surface area contributed by atoms with E-state index in [1.54, 1.807) is 0 Å². The molecule has 6 aromatic rings. The molecule has 0 saturated heterocycles. The van der Waals surface area contributed by atoms with Crippen molar-refractivity contribution in [3.63, 3.8) is 0 Å². The molecule has 6 heteroatoms. The minimum absolute atomic E-state index is 0.772. The van der Waals surface area contributed by atoms with Gasteiger partial charge in [0.2, 0.25) is 0 Å². The second-order valence-electron chi connectivity index (χ2n) is 12.7. The Labute approximate surface area is 288 Å². The van der Waals surface area contributed by atoms with Gasteiger partial charge in [0.25, 0.3) is 0 Å². The maximum absolute atomic E-state index is 6.72. The van der Waals surface area contributed by atoms with Gasteiger partial charge in [0.1, 0.15) is 0 Å². The molecule has 0 saturated carbocycles. The summed E-state index contributed by atoms with van der Waals surface area (Å²) < 4.78 is 13.3. The van der Waals surface area contributed by atoms with Gasteiger partial charge in [-0.3, -0.25) is 9.97 Å². The number of pyridine rings is 2. The zero-order valence-corrected chi connectivity index (χ0v) is 28.3. The zero-order valence-electron chi connectivity index (χ0n) is 28.3. The van der Waals surface area contributed by atoms with Crippen molar-refractivity contribution in [3.05, 3.63) is 126 Å². The van der Waals surface area contributed by atoms with E-state index in [4.69, 9.17) is 19.4 Å². The fraction of sp³-hybridized carbons (Fsp3) is 0.209. The van der Waals surface area contributed by atoms with Gasteiger partial charge in [0.05, 0.1) is 45.4 Å². The summed E-state index contributed by atoms with van der Waals surface area (Å²) >= 11 is 0. The van der Waals surface area contributed by atoms with Crippen LogP contribution in [0, 0.1) is 0 Å². The molecule has 0 bridgehead atoms. The van der Waals surface area contributed by atoms with Crippen LogP contribution in [0.25, 0.3) is 22.5 Å². The molecule has 0 atom stereocenters. The Bertz CT molecular complexity index is 2160. The Kier molecular flexibility index (Phi) is 8.22. The largest absolute Gasteiger partial charge is 0.453 e. The Morgan fingerprint density at radius 2 is 1.45 bits per heavy atom. The van der Waals surface area contributed by atoms with Crippen molar-refractivity contribution in [1.29, 1.82) is 0 Å². The van der Waals surface area contributed by atoms with Crippen molar-refractivity contribution >= 4 is 28.4 Å². The summed E-state index contributed by atoms with van der Waals surface area (Å²) in [6.45, 7) is 6.65. The number of para-hydroxylation sites is 3. The van der Waals surface area contributed by atoms with E-state index in [1.165, 1.54) is 11.1 Å². The molecule has 2 aliphatic heterocycles. The molecular weight excluding hydrogens is 604 g/mol. The standard InChI is InChI=1S/C43H40N4O2/c1-4-12-28-20-24-37-35(27-28)47(43-31(15-11-19-39(43)49-37)32-16-9-10-26-44-32)34-23-25-38-42(46-33-17-7-8-18-36(33)48-38)40(34)41-29(13-5-2)21-22-30(45-41)14-6-3/h7-11,15-27,46H,4-6,12-14H2,1-3H3. The summed E-state index contributed by atoms with van der Waals surface area (Å²) in [5.41, 5.74) is 12.2. The fourth-order valence-corrected chi connectivity index (χ4v) is 7.05. The average molecular weight is 645 g/mol. The predicted octanol–water partition coefficient (Wildman–Crippen LogP) is 12.1. The first-order chi connectivity index (χ1) is 24.2. The van der Waals surface area contributed by atoms with Crippen LogP contribution >= 0.6 is 0 Å². The van der Waals surface area contributed by atoms with Crippen LogP contribution in [-0.2, 0) is 19.3 Å². The van der Waals surface area contributed by atoms with E-state index in [1.807, 2.05) is 42.6 Å². The first-order valence-corrected chi connectivity index (χ1v) is 17.5. The van der Waals surface area contributed by atoms with Crippen LogP contribution in [-0.4, -0.2) is 9.97 Å². The number of nitrogens with one attached hydrogen (secondary N) is 1. The highest BCUT2D eigenvalue weighted by molar-refractivity contribution is 6.03. The molecule has 2 aliphatic rings. The number of benzene rings is 4. The summed E-state index contributed by atoms with van der Waals surface area (Å²) in [7, 11) is 0. The Morgan fingerprint density at radius 1 is 0.653 bits per heavy atom. The van der Waals surface area contributed by atoms with Gasteiger partial charge in [-0.25, -0.2) is 0 Å². The number of ether oxygens (including phenoxy) is 2. The number of anilines is 5. The van der Waals surface area contributed by atoms with E-state index >= 15 is 0 Å². The van der Waals surface area contributed by atoms with Crippen molar-refractivity contribution in [2.45, 2.75) is 59.3 Å². The molecule has 49 heavy (non-hydrogen) atoms. The molecule has 0 unspecified atom stereocenters. The molecule has 244 valence electrons. The highest BCUT2D eigenvalue weighted by atomic mass is 16.5. The normalized spacial score (nSPS) is 12.5. The van der Waals surface area contributed by atoms with Gasteiger partial charge in [-0.1, -0.05) is 82.5 Å². The van der Waals surface area contributed by atoms with Gasteiger partial charge in [-0.2, -0.15) is 0 Å². The van der Waals surface area contributed by atoms with Crippen LogP contribution < -0.4 is 19.7 Å². The quantitative estimate of drug-likeness (QED) is 0.169. The SMILES string of the molecule is CCCc1ccc2c(c1)N(c1ccc3c(c1-c1nc(CCC)ccc1CCC)Nc1ccccc1O3)c1c(cccc1-c1ccccn1)O2. The fourth-order valence-electron chi connectivity index (χ4n) is 7.05. The third kappa shape index (κ3) is 5.57. The lowest BCUT2D eigenvalue weighted by molar-refractivity contribution is 0.476. The lowest BCUT2D eigenvalue weighted by Crippen LogP contribution is -2.19. The van der Waals surface area contributed by atoms with Gasteiger partial charge >= 0.3 is 0 Å². The minimum atomic E-state index is 0.772. The molecular formula is C43H40N4O2. The second-order valence-corrected chi connectivity index (χ2v) is 12.7. The third-order valence-electron chi connectivity index (χ3n) is 9.24. The van der Waals surface area contributed by atoms with E-state index in [0.29, 0.717) is 0 Å². The number of nitrogens with zero attached hydrogens (tertiary/aromatic N) is 3. The first-order valence-electron chi connectivity index (χ1n) is 17.5.